The predicted molar refractivity (Wildman–Crippen MR) is 135 cm³/mol. The highest BCUT2D eigenvalue weighted by molar-refractivity contribution is 5.94. The minimum Gasteiger partial charge on any atom is -0.480 e. The van der Waals surface area contributed by atoms with E-state index in [0.717, 1.165) is 16.5 Å². The molecule has 0 aliphatic rings. The summed E-state index contributed by atoms with van der Waals surface area (Å²) in [6.45, 7) is 6.47. The monoisotopic (exact) mass is 503 g/mol. The van der Waals surface area contributed by atoms with Gasteiger partial charge in [0, 0.05) is 23.5 Å². The van der Waals surface area contributed by atoms with Crippen LogP contribution >= 0.6 is 0 Å². The van der Waals surface area contributed by atoms with Crippen molar-refractivity contribution in [3.63, 3.8) is 0 Å². The van der Waals surface area contributed by atoms with Crippen LogP contribution in [-0.4, -0.2) is 69.7 Å². The Balaban J connectivity index is 2.17. The number of carbonyl (C=O) groups excluding carboxylic acids is 3. The van der Waals surface area contributed by atoms with Gasteiger partial charge in [0.25, 0.3) is 0 Å². The van der Waals surface area contributed by atoms with E-state index in [-0.39, 0.29) is 18.3 Å². The third kappa shape index (κ3) is 7.28. The molecule has 1 aromatic heterocycles. The quantitative estimate of drug-likeness (QED) is 0.204. The minimum absolute atomic E-state index is 0.0500. The van der Waals surface area contributed by atoms with E-state index in [1.165, 1.54) is 0 Å². The van der Waals surface area contributed by atoms with E-state index in [9.17, 15) is 24.3 Å². The maximum atomic E-state index is 13.1. The minimum atomic E-state index is -1.22. The lowest BCUT2D eigenvalue weighted by atomic mass is 9.96. The van der Waals surface area contributed by atoms with Crippen molar-refractivity contribution in [3.8, 4) is 0 Å². The van der Waals surface area contributed by atoms with Gasteiger partial charge in [0.2, 0.25) is 17.7 Å². The zero-order valence-corrected chi connectivity index (χ0v) is 21.1. The van der Waals surface area contributed by atoms with Crippen molar-refractivity contribution in [3.05, 3.63) is 36.0 Å². The van der Waals surface area contributed by atoms with Crippen LogP contribution in [0.3, 0.4) is 0 Å². The average Bonchev–Trinajstić information content (AvgIpc) is 3.26. The number of aromatic nitrogens is 1. The van der Waals surface area contributed by atoms with Crippen molar-refractivity contribution in [1.82, 2.24) is 20.9 Å². The van der Waals surface area contributed by atoms with E-state index in [1.54, 1.807) is 27.0 Å². The molecule has 198 valence electrons. The summed E-state index contributed by atoms with van der Waals surface area (Å²) in [5, 5.41) is 27.5. The molecular formula is C25H37N5O6. The number of fused-ring (bicyclic) bond motifs is 1. The van der Waals surface area contributed by atoms with Crippen LogP contribution in [0.15, 0.2) is 30.5 Å². The lowest BCUT2D eigenvalue weighted by Gasteiger charge is -2.29. The Hall–Kier alpha value is -3.44. The number of aliphatic hydroxyl groups excluding tert-OH is 1. The molecule has 0 bridgehead atoms. The SMILES string of the molecule is CCC(C)C(NC(=O)C(N)CO)C(=O)NC(C(=O)NC(Cc1c[nH]c2ccccc12)C(=O)O)C(C)C. The van der Waals surface area contributed by atoms with Crippen LogP contribution in [0.25, 0.3) is 10.9 Å². The van der Waals surface area contributed by atoms with Crippen molar-refractivity contribution < 1.29 is 29.4 Å². The number of aliphatic hydroxyl groups is 1. The Morgan fingerprint density at radius 2 is 1.58 bits per heavy atom. The van der Waals surface area contributed by atoms with Gasteiger partial charge in [0.15, 0.2) is 0 Å². The molecule has 5 unspecified atom stereocenters. The van der Waals surface area contributed by atoms with Crippen molar-refractivity contribution in [2.24, 2.45) is 17.6 Å². The Morgan fingerprint density at radius 1 is 0.972 bits per heavy atom. The van der Waals surface area contributed by atoms with Crippen LogP contribution in [0.2, 0.25) is 0 Å². The first-order chi connectivity index (χ1) is 17.0. The first-order valence-electron chi connectivity index (χ1n) is 12.0. The van der Waals surface area contributed by atoms with Crippen LogP contribution in [0.1, 0.15) is 39.7 Å². The average molecular weight is 504 g/mol. The first kappa shape index (κ1) is 28.8. The number of H-pyrrole nitrogens is 1. The Kier molecular flexibility index (Phi) is 10.4. The molecule has 2 aromatic rings. The number of amides is 3. The molecule has 3 amide bonds. The van der Waals surface area contributed by atoms with Gasteiger partial charge in [-0.05, 0) is 23.5 Å². The molecule has 2 rings (SSSR count). The molecule has 0 aliphatic heterocycles. The molecule has 11 nitrogen and oxygen atoms in total. The van der Waals surface area contributed by atoms with Gasteiger partial charge in [0.1, 0.15) is 24.2 Å². The van der Waals surface area contributed by atoms with Gasteiger partial charge < -0.3 is 36.9 Å². The highest BCUT2D eigenvalue weighted by Gasteiger charge is 2.33. The zero-order chi connectivity index (χ0) is 27.0. The third-order valence-corrected chi connectivity index (χ3v) is 6.29. The molecule has 0 fully saturated rings. The van der Waals surface area contributed by atoms with Crippen molar-refractivity contribution in [2.75, 3.05) is 6.61 Å². The van der Waals surface area contributed by atoms with Crippen LogP contribution < -0.4 is 21.7 Å². The Morgan fingerprint density at radius 3 is 2.17 bits per heavy atom. The summed E-state index contributed by atoms with van der Waals surface area (Å²) in [4.78, 5) is 53.5. The first-order valence-corrected chi connectivity index (χ1v) is 12.0. The van der Waals surface area contributed by atoms with Crippen LogP contribution in [0.4, 0.5) is 0 Å². The standard InChI is InChI=1S/C25H37N5O6/c1-5-14(4)21(30-22(32)17(26)12-31)24(34)29-20(13(2)3)23(33)28-19(25(35)36)10-15-11-27-18-9-7-6-8-16(15)18/h6-9,11,13-14,17,19-21,27,31H,5,10,12,26H2,1-4H3,(H,28,33)(H,29,34)(H,30,32)(H,35,36). The summed E-state index contributed by atoms with van der Waals surface area (Å²) in [5.41, 5.74) is 7.16. The summed E-state index contributed by atoms with van der Waals surface area (Å²) in [7, 11) is 0. The number of hydrogen-bond donors (Lipinski definition) is 7. The fourth-order valence-electron chi connectivity index (χ4n) is 3.81. The van der Waals surface area contributed by atoms with E-state index in [2.05, 4.69) is 20.9 Å². The number of aliphatic carboxylic acids is 1. The molecule has 1 aromatic carbocycles. The number of aromatic amines is 1. The Labute approximate surface area is 210 Å². The molecule has 5 atom stereocenters. The highest BCUT2D eigenvalue weighted by Crippen LogP contribution is 2.19. The largest absolute Gasteiger partial charge is 0.480 e. The fourth-order valence-corrected chi connectivity index (χ4v) is 3.81. The molecule has 0 aliphatic carbocycles. The number of hydrogen-bond acceptors (Lipinski definition) is 6. The number of carbonyl (C=O) groups is 4. The molecule has 0 radical (unpaired) electrons. The molecule has 36 heavy (non-hydrogen) atoms. The number of carboxylic acid groups (broad SMARTS) is 1. The number of para-hydroxylation sites is 1. The molecule has 1 heterocycles. The number of carboxylic acids is 1. The second kappa shape index (κ2) is 13.0. The number of rotatable bonds is 13. The van der Waals surface area contributed by atoms with E-state index < -0.39 is 54.5 Å². The van der Waals surface area contributed by atoms with Crippen LogP contribution in [0.5, 0.6) is 0 Å². The van der Waals surface area contributed by atoms with Gasteiger partial charge in [-0.2, -0.15) is 0 Å². The Bertz CT molecular complexity index is 1070. The maximum absolute atomic E-state index is 13.1. The van der Waals surface area contributed by atoms with Gasteiger partial charge in [-0.25, -0.2) is 4.79 Å². The van der Waals surface area contributed by atoms with Gasteiger partial charge in [0.05, 0.1) is 6.61 Å². The van der Waals surface area contributed by atoms with E-state index >= 15 is 0 Å². The summed E-state index contributed by atoms with van der Waals surface area (Å²) >= 11 is 0. The number of nitrogens with one attached hydrogen (secondary N) is 4. The van der Waals surface area contributed by atoms with Gasteiger partial charge in [-0.15, -0.1) is 0 Å². The smallest absolute Gasteiger partial charge is 0.326 e. The molecule has 11 heteroatoms. The van der Waals surface area contributed by atoms with Crippen LogP contribution in [-0.2, 0) is 25.6 Å². The van der Waals surface area contributed by atoms with Crippen molar-refractivity contribution >= 4 is 34.6 Å². The number of nitrogens with two attached hydrogens (primary N) is 1. The summed E-state index contributed by atoms with van der Waals surface area (Å²) in [5.74, 6) is -3.79. The lowest BCUT2D eigenvalue weighted by molar-refractivity contribution is -0.142. The van der Waals surface area contributed by atoms with Crippen LogP contribution in [0, 0.1) is 11.8 Å². The predicted octanol–water partition coefficient (Wildman–Crippen LogP) is 0.271. The number of benzene rings is 1. The second-order valence-corrected chi connectivity index (χ2v) is 9.35. The lowest BCUT2D eigenvalue weighted by Crippen LogP contribution is -2.60. The third-order valence-electron chi connectivity index (χ3n) is 6.29. The molecule has 8 N–H and O–H groups in total. The molecular weight excluding hydrogens is 466 g/mol. The van der Waals surface area contributed by atoms with Gasteiger partial charge in [-0.1, -0.05) is 52.3 Å². The summed E-state index contributed by atoms with van der Waals surface area (Å²) in [6, 6.07) is 3.01. The topological polar surface area (TPSA) is 187 Å². The van der Waals surface area contributed by atoms with Gasteiger partial charge >= 0.3 is 5.97 Å². The maximum Gasteiger partial charge on any atom is 0.326 e. The summed E-state index contributed by atoms with van der Waals surface area (Å²) < 4.78 is 0. The summed E-state index contributed by atoms with van der Waals surface area (Å²) in [6.07, 6.45) is 2.32. The van der Waals surface area contributed by atoms with Crippen molar-refractivity contribution in [2.45, 2.75) is 64.7 Å². The van der Waals surface area contributed by atoms with E-state index in [0.29, 0.717) is 6.42 Å². The van der Waals surface area contributed by atoms with Gasteiger partial charge in [-0.3, -0.25) is 14.4 Å². The zero-order valence-electron chi connectivity index (χ0n) is 21.1. The highest BCUT2D eigenvalue weighted by atomic mass is 16.4. The van der Waals surface area contributed by atoms with E-state index in [4.69, 9.17) is 10.8 Å². The fraction of sp³-hybridized carbons (Fsp3) is 0.520. The van der Waals surface area contributed by atoms with E-state index in [1.807, 2.05) is 31.2 Å². The van der Waals surface area contributed by atoms with Crippen molar-refractivity contribution in [1.29, 1.82) is 0 Å². The second-order valence-electron chi connectivity index (χ2n) is 9.35. The molecule has 0 saturated heterocycles. The molecule has 0 spiro atoms. The normalized spacial score (nSPS) is 15.5. The molecule has 0 saturated carbocycles.